The van der Waals surface area contributed by atoms with Gasteiger partial charge in [0.1, 0.15) is 17.1 Å². The summed E-state index contributed by atoms with van der Waals surface area (Å²) in [6.45, 7) is 2.20. The van der Waals surface area contributed by atoms with Gasteiger partial charge in [0.2, 0.25) is 5.95 Å². The zero-order chi connectivity index (χ0) is 21.6. The molecule has 2 aromatic heterocycles. The minimum absolute atomic E-state index is 0.159. The first kappa shape index (κ1) is 20.0. The van der Waals surface area contributed by atoms with Crippen molar-refractivity contribution in [1.82, 2.24) is 25.0 Å². The van der Waals surface area contributed by atoms with Crippen LogP contribution in [0, 0.1) is 6.92 Å². The molecular weight excluding hydrogens is 394 g/mol. The third-order valence-corrected chi connectivity index (χ3v) is 4.56. The quantitative estimate of drug-likeness (QED) is 0.355. The van der Waals surface area contributed by atoms with Crippen LogP contribution in [0.3, 0.4) is 0 Å². The highest BCUT2D eigenvalue weighted by Gasteiger charge is 2.11. The van der Waals surface area contributed by atoms with Crippen molar-refractivity contribution < 1.29 is 4.74 Å². The van der Waals surface area contributed by atoms with E-state index in [-0.39, 0.29) is 17.2 Å². The van der Waals surface area contributed by atoms with Gasteiger partial charge in [-0.3, -0.25) is 14.5 Å². The lowest BCUT2D eigenvalue weighted by Gasteiger charge is -2.03. The molecule has 0 atom stereocenters. The number of rotatable bonds is 7. The van der Waals surface area contributed by atoms with E-state index in [0.29, 0.717) is 6.54 Å². The zero-order valence-corrected chi connectivity index (χ0v) is 17.1. The number of nitrogens with one attached hydrogen (secondary N) is 2. The minimum atomic E-state index is -0.319. The highest BCUT2D eigenvalue weighted by molar-refractivity contribution is 5.89. The minimum Gasteiger partial charge on any atom is -0.497 e. The van der Waals surface area contributed by atoms with Crippen LogP contribution in [0.2, 0.25) is 0 Å². The van der Waals surface area contributed by atoms with Gasteiger partial charge in [-0.15, -0.1) is 10.2 Å². The average molecular weight is 415 g/mol. The molecule has 2 N–H and O–H groups in total. The zero-order valence-electron chi connectivity index (χ0n) is 17.1. The number of ether oxygens (including phenoxy) is 1. The largest absolute Gasteiger partial charge is 0.497 e. The molecule has 0 radical (unpaired) electrons. The maximum atomic E-state index is 11.7. The van der Waals surface area contributed by atoms with Crippen molar-refractivity contribution in [3.63, 3.8) is 0 Å². The standard InChI is InChI=1S/C22H21N7O2/c1-15-21(30)24-22(27-25-15)26-23-12-18-14-29(13-16-7-4-3-5-8-16)28-20(18)17-9-6-10-19(11-17)31-2/h3-12,14H,13H2,1-2H3,(H2,24,26,27,30)/b23-12-. The molecule has 0 aliphatic rings. The number of aryl methyl sites for hydroxylation is 1. The van der Waals surface area contributed by atoms with Gasteiger partial charge in [0, 0.05) is 17.3 Å². The average Bonchev–Trinajstić information content (AvgIpc) is 3.19. The second kappa shape index (κ2) is 9.04. The van der Waals surface area contributed by atoms with Crippen molar-refractivity contribution in [1.29, 1.82) is 0 Å². The molecule has 0 spiro atoms. The van der Waals surface area contributed by atoms with Crippen molar-refractivity contribution in [2.75, 3.05) is 12.5 Å². The van der Waals surface area contributed by atoms with Gasteiger partial charge in [0.25, 0.3) is 5.56 Å². The summed E-state index contributed by atoms with van der Waals surface area (Å²) in [5, 5.41) is 16.6. The number of anilines is 1. The summed E-state index contributed by atoms with van der Waals surface area (Å²) in [6.07, 6.45) is 3.54. The van der Waals surface area contributed by atoms with E-state index in [0.717, 1.165) is 28.1 Å². The van der Waals surface area contributed by atoms with Gasteiger partial charge in [-0.1, -0.05) is 42.5 Å². The van der Waals surface area contributed by atoms with Crippen LogP contribution in [0.1, 0.15) is 16.8 Å². The number of hydrogen-bond donors (Lipinski definition) is 2. The Labute approximate surface area is 178 Å². The summed E-state index contributed by atoms with van der Waals surface area (Å²) >= 11 is 0. The number of aromatic nitrogens is 5. The van der Waals surface area contributed by atoms with E-state index in [9.17, 15) is 4.79 Å². The predicted octanol–water partition coefficient (Wildman–Crippen LogP) is 2.84. The van der Waals surface area contributed by atoms with Crippen molar-refractivity contribution in [3.8, 4) is 17.0 Å². The summed E-state index contributed by atoms with van der Waals surface area (Å²) < 4.78 is 7.21. The topological polar surface area (TPSA) is 110 Å². The highest BCUT2D eigenvalue weighted by atomic mass is 16.5. The summed E-state index contributed by atoms with van der Waals surface area (Å²) in [6, 6.07) is 17.8. The lowest BCUT2D eigenvalue weighted by Crippen LogP contribution is -2.15. The normalized spacial score (nSPS) is 11.0. The predicted molar refractivity (Wildman–Crippen MR) is 118 cm³/mol. The van der Waals surface area contributed by atoms with Gasteiger partial charge in [-0.2, -0.15) is 10.2 Å². The fourth-order valence-electron chi connectivity index (χ4n) is 2.98. The molecule has 2 aromatic carbocycles. The molecule has 9 nitrogen and oxygen atoms in total. The van der Waals surface area contributed by atoms with Gasteiger partial charge in [-0.05, 0) is 24.6 Å². The van der Waals surface area contributed by atoms with E-state index in [1.165, 1.54) is 0 Å². The van der Waals surface area contributed by atoms with Crippen LogP contribution in [-0.2, 0) is 6.54 Å². The molecule has 0 saturated heterocycles. The van der Waals surface area contributed by atoms with Crippen molar-refractivity contribution in [2.45, 2.75) is 13.5 Å². The number of methoxy groups -OCH3 is 1. The van der Waals surface area contributed by atoms with Crippen LogP contribution in [0.25, 0.3) is 11.3 Å². The van der Waals surface area contributed by atoms with Crippen LogP contribution in [0.5, 0.6) is 5.75 Å². The molecule has 0 amide bonds. The van der Waals surface area contributed by atoms with E-state index in [1.54, 1.807) is 20.2 Å². The van der Waals surface area contributed by atoms with Gasteiger partial charge >= 0.3 is 0 Å². The van der Waals surface area contributed by atoms with E-state index >= 15 is 0 Å². The number of benzene rings is 2. The Morgan fingerprint density at radius 2 is 2.00 bits per heavy atom. The van der Waals surface area contributed by atoms with E-state index in [4.69, 9.17) is 9.84 Å². The van der Waals surface area contributed by atoms with Crippen LogP contribution in [0.15, 0.2) is 70.7 Å². The molecule has 4 rings (SSSR count). The molecule has 9 heteroatoms. The number of nitrogens with zero attached hydrogens (tertiary/aromatic N) is 5. The van der Waals surface area contributed by atoms with Gasteiger partial charge < -0.3 is 4.74 Å². The van der Waals surface area contributed by atoms with Crippen LogP contribution in [-0.4, -0.2) is 38.3 Å². The number of hydrogen-bond acceptors (Lipinski definition) is 7. The maximum Gasteiger partial charge on any atom is 0.274 e. The number of H-pyrrole nitrogens is 1. The summed E-state index contributed by atoms with van der Waals surface area (Å²) in [7, 11) is 1.63. The molecule has 0 unspecified atom stereocenters. The highest BCUT2D eigenvalue weighted by Crippen LogP contribution is 2.25. The Hall–Kier alpha value is -4.27. The first-order chi connectivity index (χ1) is 15.1. The molecule has 0 saturated carbocycles. The summed E-state index contributed by atoms with van der Waals surface area (Å²) in [4.78, 5) is 14.2. The fourth-order valence-corrected chi connectivity index (χ4v) is 2.98. The molecule has 156 valence electrons. The second-order valence-corrected chi connectivity index (χ2v) is 6.81. The first-order valence-corrected chi connectivity index (χ1v) is 9.61. The molecule has 0 bridgehead atoms. The lowest BCUT2D eigenvalue weighted by atomic mass is 10.1. The Morgan fingerprint density at radius 1 is 1.16 bits per heavy atom. The Bertz CT molecular complexity index is 1260. The van der Waals surface area contributed by atoms with Crippen LogP contribution in [0.4, 0.5) is 5.95 Å². The van der Waals surface area contributed by atoms with Crippen molar-refractivity contribution >= 4 is 12.2 Å². The summed E-state index contributed by atoms with van der Waals surface area (Å²) in [5.74, 6) is 0.898. The molecular formula is C22H21N7O2. The Kier molecular flexibility index (Phi) is 5.84. The second-order valence-electron chi connectivity index (χ2n) is 6.81. The lowest BCUT2D eigenvalue weighted by molar-refractivity contribution is 0.415. The van der Waals surface area contributed by atoms with E-state index in [2.05, 4.69) is 37.8 Å². The molecule has 2 heterocycles. The smallest absolute Gasteiger partial charge is 0.274 e. The summed E-state index contributed by atoms with van der Waals surface area (Å²) in [5.41, 5.74) is 6.25. The molecule has 31 heavy (non-hydrogen) atoms. The number of hydrazone groups is 1. The van der Waals surface area contributed by atoms with Crippen molar-refractivity contribution in [2.24, 2.45) is 5.10 Å². The third-order valence-electron chi connectivity index (χ3n) is 4.56. The molecule has 0 fully saturated rings. The van der Waals surface area contributed by atoms with E-state index in [1.807, 2.05) is 53.3 Å². The SMILES string of the molecule is COc1cccc(-c2nn(Cc3ccccc3)cc2/C=N\Nc2nnc(C)c(=O)[nH]2)c1. The van der Waals surface area contributed by atoms with Gasteiger partial charge in [0.15, 0.2) is 0 Å². The molecule has 0 aliphatic heterocycles. The van der Waals surface area contributed by atoms with Crippen molar-refractivity contribution in [3.05, 3.63) is 88.0 Å². The van der Waals surface area contributed by atoms with Gasteiger partial charge in [0.05, 0.1) is 19.9 Å². The number of aromatic amines is 1. The molecule has 4 aromatic rings. The fraction of sp³-hybridized carbons (Fsp3) is 0.136. The van der Waals surface area contributed by atoms with Crippen LogP contribution < -0.4 is 15.7 Å². The monoisotopic (exact) mass is 415 g/mol. The van der Waals surface area contributed by atoms with E-state index < -0.39 is 0 Å². The Morgan fingerprint density at radius 3 is 2.77 bits per heavy atom. The first-order valence-electron chi connectivity index (χ1n) is 9.61. The maximum absolute atomic E-state index is 11.7. The van der Waals surface area contributed by atoms with Crippen LogP contribution >= 0.6 is 0 Å². The molecule has 0 aliphatic carbocycles. The van der Waals surface area contributed by atoms with Gasteiger partial charge in [-0.25, -0.2) is 5.43 Å². The third kappa shape index (κ3) is 4.84. The Balaban J connectivity index is 1.65.